The molecule has 1 saturated carbocycles. The molecule has 1 aromatic carbocycles. The molecule has 20 heavy (non-hydrogen) atoms. The van der Waals surface area contributed by atoms with Gasteiger partial charge in [0.05, 0.1) is 0 Å². The van der Waals surface area contributed by atoms with Crippen LogP contribution in [0.3, 0.4) is 0 Å². The maximum atomic E-state index is 6.32. The molecule has 0 unspecified atom stereocenters. The van der Waals surface area contributed by atoms with Crippen molar-refractivity contribution in [3.05, 3.63) is 35.9 Å². The summed E-state index contributed by atoms with van der Waals surface area (Å²) in [7, 11) is 0. The Morgan fingerprint density at radius 3 is 2.40 bits per heavy atom. The van der Waals surface area contributed by atoms with Crippen molar-refractivity contribution in [1.82, 2.24) is 4.90 Å². The Balaban J connectivity index is 1.38. The van der Waals surface area contributed by atoms with Crippen molar-refractivity contribution in [2.45, 2.75) is 50.5 Å². The standard InChI is InChI=1S/C18H28N2/c19-18(9-4-10-18)11-14-20-12-7-17(8-13-20)15-16-5-2-1-3-6-16/h1-3,5-6,17H,4,7-15,19H2. The monoisotopic (exact) mass is 272 g/mol. The third kappa shape index (κ3) is 3.62. The molecule has 110 valence electrons. The van der Waals surface area contributed by atoms with Crippen molar-refractivity contribution in [1.29, 1.82) is 0 Å². The van der Waals surface area contributed by atoms with Crippen molar-refractivity contribution in [3.8, 4) is 0 Å². The van der Waals surface area contributed by atoms with Crippen LogP contribution in [0.15, 0.2) is 30.3 Å². The Kier molecular flexibility index (Phi) is 4.42. The van der Waals surface area contributed by atoms with Gasteiger partial charge in [-0.15, -0.1) is 0 Å². The van der Waals surface area contributed by atoms with E-state index in [0.29, 0.717) is 0 Å². The summed E-state index contributed by atoms with van der Waals surface area (Å²) in [6, 6.07) is 10.9. The van der Waals surface area contributed by atoms with Gasteiger partial charge in [0.25, 0.3) is 0 Å². The van der Waals surface area contributed by atoms with Crippen LogP contribution in [-0.4, -0.2) is 30.1 Å². The summed E-state index contributed by atoms with van der Waals surface area (Å²) >= 11 is 0. The topological polar surface area (TPSA) is 29.3 Å². The second kappa shape index (κ2) is 6.28. The zero-order valence-corrected chi connectivity index (χ0v) is 12.6. The van der Waals surface area contributed by atoms with E-state index in [1.807, 2.05) is 0 Å². The molecule has 1 aliphatic carbocycles. The molecule has 0 aromatic heterocycles. The molecule has 0 atom stereocenters. The van der Waals surface area contributed by atoms with Crippen LogP contribution in [0.2, 0.25) is 0 Å². The highest BCUT2D eigenvalue weighted by Crippen LogP contribution is 2.32. The fraction of sp³-hybridized carbons (Fsp3) is 0.667. The molecule has 2 N–H and O–H groups in total. The van der Waals surface area contributed by atoms with Gasteiger partial charge in [-0.05, 0) is 76.1 Å². The van der Waals surface area contributed by atoms with Gasteiger partial charge in [-0.1, -0.05) is 30.3 Å². The average Bonchev–Trinajstić information content (AvgIpc) is 2.46. The van der Waals surface area contributed by atoms with Gasteiger partial charge in [0.15, 0.2) is 0 Å². The number of nitrogens with two attached hydrogens (primary N) is 1. The molecule has 1 saturated heterocycles. The third-order valence-electron chi connectivity index (χ3n) is 5.35. The normalized spacial score (nSPS) is 23.4. The number of likely N-dealkylation sites (tertiary alicyclic amines) is 1. The second-order valence-corrected chi connectivity index (χ2v) is 6.94. The second-order valence-electron chi connectivity index (χ2n) is 6.94. The van der Waals surface area contributed by atoms with Crippen LogP contribution in [0, 0.1) is 5.92 Å². The van der Waals surface area contributed by atoms with Crippen molar-refractivity contribution >= 4 is 0 Å². The van der Waals surface area contributed by atoms with Gasteiger partial charge in [-0.25, -0.2) is 0 Å². The first-order valence-electron chi connectivity index (χ1n) is 8.29. The lowest BCUT2D eigenvalue weighted by molar-refractivity contribution is 0.144. The van der Waals surface area contributed by atoms with E-state index in [1.165, 1.54) is 70.1 Å². The number of rotatable bonds is 5. The number of nitrogens with zero attached hydrogens (tertiary/aromatic N) is 1. The van der Waals surface area contributed by atoms with E-state index in [2.05, 4.69) is 35.2 Å². The predicted molar refractivity (Wildman–Crippen MR) is 84.7 cm³/mol. The van der Waals surface area contributed by atoms with E-state index >= 15 is 0 Å². The summed E-state index contributed by atoms with van der Waals surface area (Å²) < 4.78 is 0. The summed E-state index contributed by atoms with van der Waals surface area (Å²) in [5.41, 5.74) is 8.02. The first-order valence-corrected chi connectivity index (χ1v) is 8.29. The molecular formula is C18H28N2. The Labute approximate surface area is 123 Å². The van der Waals surface area contributed by atoms with Gasteiger partial charge in [-0.3, -0.25) is 0 Å². The van der Waals surface area contributed by atoms with Crippen LogP contribution in [0.25, 0.3) is 0 Å². The van der Waals surface area contributed by atoms with Crippen LogP contribution in [0.5, 0.6) is 0 Å². The molecule has 0 amide bonds. The maximum absolute atomic E-state index is 6.32. The van der Waals surface area contributed by atoms with Crippen molar-refractivity contribution in [3.63, 3.8) is 0 Å². The lowest BCUT2D eigenvalue weighted by Gasteiger charge is -2.41. The van der Waals surface area contributed by atoms with Crippen LogP contribution in [0.1, 0.15) is 44.1 Å². The fourth-order valence-electron chi connectivity index (χ4n) is 3.62. The van der Waals surface area contributed by atoms with Crippen molar-refractivity contribution in [2.75, 3.05) is 19.6 Å². The van der Waals surface area contributed by atoms with E-state index in [1.54, 1.807) is 0 Å². The summed E-state index contributed by atoms with van der Waals surface area (Å²) in [5.74, 6) is 0.879. The lowest BCUT2D eigenvalue weighted by atomic mass is 9.75. The van der Waals surface area contributed by atoms with Gasteiger partial charge >= 0.3 is 0 Å². The van der Waals surface area contributed by atoms with Gasteiger partial charge in [0, 0.05) is 5.54 Å². The Morgan fingerprint density at radius 1 is 1.10 bits per heavy atom. The quantitative estimate of drug-likeness (QED) is 0.892. The highest BCUT2D eigenvalue weighted by atomic mass is 15.1. The zero-order chi connectivity index (χ0) is 13.8. The molecule has 2 aliphatic rings. The summed E-state index contributed by atoms with van der Waals surface area (Å²) in [6.07, 6.45) is 9.01. The van der Waals surface area contributed by atoms with Gasteiger partial charge in [0.1, 0.15) is 0 Å². The minimum atomic E-state index is 0.195. The van der Waals surface area contributed by atoms with Crippen LogP contribution in [0.4, 0.5) is 0 Å². The number of benzene rings is 1. The third-order valence-corrected chi connectivity index (χ3v) is 5.35. The highest BCUT2D eigenvalue weighted by Gasteiger charge is 2.32. The van der Waals surface area contributed by atoms with E-state index in [9.17, 15) is 0 Å². The van der Waals surface area contributed by atoms with Gasteiger partial charge in [-0.2, -0.15) is 0 Å². The first kappa shape index (κ1) is 14.1. The molecule has 2 heteroatoms. The van der Waals surface area contributed by atoms with Gasteiger partial charge in [0.2, 0.25) is 0 Å². The van der Waals surface area contributed by atoms with Crippen molar-refractivity contribution < 1.29 is 0 Å². The number of hydrogen-bond donors (Lipinski definition) is 1. The van der Waals surface area contributed by atoms with E-state index in [4.69, 9.17) is 5.73 Å². The van der Waals surface area contributed by atoms with Crippen LogP contribution >= 0.6 is 0 Å². The minimum Gasteiger partial charge on any atom is -0.325 e. The van der Waals surface area contributed by atoms with Gasteiger partial charge < -0.3 is 10.6 Å². The molecule has 1 aromatic rings. The smallest absolute Gasteiger partial charge is 0.0166 e. The van der Waals surface area contributed by atoms with E-state index < -0.39 is 0 Å². The van der Waals surface area contributed by atoms with Crippen LogP contribution in [-0.2, 0) is 6.42 Å². The molecule has 2 fully saturated rings. The maximum Gasteiger partial charge on any atom is 0.0166 e. The SMILES string of the molecule is NC1(CCN2CCC(Cc3ccccc3)CC2)CCC1. The number of piperidine rings is 1. The number of hydrogen-bond acceptors (Lipinski definition) is 2. The molecule has 1 heterocycles. The summed E-state index contributed by atoms with van der Waals surface area (Å²) in [6.45, 7) is 3.76. The lowest BCUT2D eigenvalue weighted by Crippen LogP contribution is -2.49. The molecule has 2 nitrogen and oxygen atoms in total. The van der Waals surface area contributed by atoms with E-state index in [-0.39, 0.29) is 5.54 Å². The molecule has 3 rings (SSSR count). The highest BCUT2D eigenvalue weighted by molar-refractivity contribution is 5.15. The Bertz CT molecular complexity index is 403. The first-order chi connectivity index (χ1) is 9.73. The zero-order valence-electron chi connectivity index (χ0n) is 12.6. The Morgan fingerprint density at radius 2 is 1.80 bits per heavy atom. The largest absolute Gasteiger partial charge is 0.325 e. The summed E-state index contributed by atoms with van der Waals surface area (Å²) in [5, 5.41) is 0. The molecule has 1 aliphatic heterocycles. The molecular weight excluding hydrogens is 244 g/mol. The Hall–Kier alpha value is -0.860. The minimum absolute atomic E-state index is 0.195. The predicted octanol–water partition coefficient (Wildman–Crippen LogP) is 3.21. The molecule has 0 spiro atoms. The fourth-order valence-corrected chi connectivity index (χ4v) is 3.62. The summed E-state index contributed by atoms with van der Waals surface area (Å²) in [4.78, 5) is 2.63. The van der Waals surface area contributed by atoms with Crippen LogP contribution < -0.4 is 5.73 Å². The molecule has 0 bridgehead atoms. The molecule has 0 radical (unpaired) electrons. The van der Waals surface area contributed by atoms with E-state index in [0.717, 1.165) is 5.92 Å². The average molecular weight is 272 g/mol. The van der Waals surface area contributed by atoms with Crippen molar-refractivity contribution in [2.24, 2.45) is 11.7 Å².